The van der Waals surface area contributed by atoms with Crippen molar-refractivity contribution < 1.29 is 24.0 Å². The summed E-state index contributed by atoms with van der Waals surface area (Å²) in [7, 11) is 1.44. The van der Waals surface area contributed by atoms with Crippen molar-refractivity contribution in [3.05, 3.63) is 132 Å². The molecule has 12 heteroatoms. The predicted octanol–water partition coefficient (Wildman–Crippen LogP) is 6.58. The quantitative estimate of drug-likeness (QED) is 0.0495. The molecule has 0 aliphatic heterocycles. The van der Waals surface area contributed by atoms with Crippen LogP contribution in [0.4, 0.5) is 11.5 Å². The van der Waals surface area contributed by atoms with Crippen LogP contribution in [0.1, 0.15) is 63.9 Å². The van der Waals surface area contributed by atoms with Gasteiger partial charge >= 0.3 is 0 Å². The number of aromatic nitrogens is 3. The third-order valence-corrected chi connectivity index (χ3v) is 9.96. The van der Waals surface area contributed by atoms with Crippen molar-refractivity contribution in [3.8, 4) is 34.2 Å². The zero-order valence-corrected chi connectivity index (χ0v) is 32.8. The van der Waals surface area contributed by atoms with E-state index in [1.165, 1.54) is 24.3 Å². The Labute approximate surface area is 342 Å². The van der Waals surface area contributed by atoms with Gasteiger partial charge in [0.05, 0.1) is 29.2 Å². The van der Waals surface area contributed by atoms with Gasteiger partial charge in [-0.2, -0.15) is 0 Å². The summed E-state index contributed by atoms with van der Waals surface area (Å²) in [5, 5.41) is 6.64. The molecule has 2 amide bonds. The number of likely N-dealkylation sites (N-methyl/N-ethyl adjacent to an activating group) is 1. The molecule has 59 heavy (non-hydrogen) atoms. The molecule has 4 aromatic carbocycles. The maximum atomic E-state index is 13.4. The van der Waals surface area contributed by atoms with Crippen molar-refractivity contribution in [1.29, 1.82) is 0 Å². The fourth-order valence-electron chi connectivity index (χ4n) is 7.00. The first-order valence-electron chi connectivity index (χ1n) is 19.4. The summed E-state index contributed by atoms with van der Waals surface area (Å²) in [6, 6.07) is 32.4. The van der Waals surface area contributed by atoms with E-state index in [4.69, 9.17) is 10.7 Å². The van der Waals surface area contributed by atoms with Crippen LogP contribution in [0.3, 0.4) is 0 Å². The smallest absolute Gasteiger partial charge is 0.257 e. The molecule has 6 aromatic rings. The van der Waals surface area contributed by atoms with Crippen molar-refractivity contribution in [3.63, 3.8) is 0 Å². The zero-order valence-electron chi connectivity index (χ0n) is 32.8. The summed E-state index contributed by atoms with van der Waals surface area (Å²) in [5.41, 5.74) is 13.7. The molecule has 0 bridgehead atoms. The number of nitrogen functional groups attached to an aromatic ring is 1. The minimum absolute atomic E-state index is 0.0481. The van der Waals surface area contributed by atoms with Crippen LogP contribution >= 0.6 is 0 Å². The number of hydrogen-bond acceptors (Lipinski definition) is 9. The van der Waals surface area contributed by atoms with E-state index in [1.807, 2.05) is 48.5 Å². The SMILES string of the molecule is CN(C(=O)c1c(C=O)cccc1NCC(=O)NCCCCC#Cc1cccc(Cn2c(-c3ccccc3)c(-c3ccccc3)c3c(N)ncnc32)c1)C(C=O)CCC=O. The highest BCUT2D eigenvalue weighted by Crippen LogP contribution is 2.42. The molecule has 0 aliphatic rings. The molecule has 4 N–H and O–H groups in total. The highest BCUT2D eigenvalue weighted by atomic mass is 16.2. The van der Waals surface area contributed by atoms with Gasteiger partial charge in [0.25, 0.3) is 5.91 Å². The number of nitrogens with one attached hydrogen (secondary N) is 2. The predicted molar refractivity (Wildman–Crippen MR) is 230 cm³/mol. The monoisotopic (exact) mass is 787 g/mol. The Balaban J connectivity index is 1.05. The molecule has 1 atom stereocenters. The average molecular weight is 788 g/mol. The van der Waals surface area contributed by atoms with Crippen LogP contribution < -0.4 is 16.4 Å². The van der Waals surface area contributed by atoms with Gasteiger partial charge in [-0.15, -0.1) is 0 Å². The highest BCUT2D eigenvalue weighted by molar-refractivity contribution is 6.08. The molecule has 1 unspecified atom stereocenters. The summed E-state index contributed by atoms with van der Waals surface area (Å²) >= 11 is 0. The van der Waals surface area contributed by atoms with Gasteiger partial charge in [-0.05, 0) is 54.2 Å². The van der Waals surface area contributed by atoms with E-state index < -0.39 is 11.9 Å². The number of amides is 2. The number of benzene rings is 4. The Hall–Kier alpha value is -7.39. The van der Waals surface area contributed by atoms with Gasteiger partial charge in [0.15, 0.2) is 6.29 Å². The van der Waals surface area contributed by atoms with Gasteiger partial charge in [-0.3, -0.25) is 14.4 Å². The number of rotatable bonds is 18. The Morgan fingerprint density at radius 1 is 0.898 bits per heavy atom. The number of hydrogen-bond donors (Lipinski definition) is 3. The van der Waals surface area contributed by atoms with Crippen molar-refractivity contribution in [1.82, 2.24) is 24.8 Å². The molecule has 0 saturated heterocycles. The number of fused-ring (bicyclic) bond motifs is 1. The highest BCUT2D eigenvalue weighted by Gasteiger charge is 2.26. The van der Waals surface area contributed by atoms with Crippen LogP contribution in [0.2, 0.25) is 0 Å². The van der Waals surface area contributed by atoms with Crippen molar-refractivity contribution in [2.75, 3.05) is 31.2 Å². The fourth-order valence-corrected chi connectivity index (χ4v) is 7.00. The normalized spacial score (nSPS) is 11.2. The van der Waals surface area contributed by atoms with E-state index in [2.05, 4.69) is 68.4 Å². The first-order chi connectivity index (χ1) is 28.8. The van der Waals surface area contributed by atoms with Gasteiger partial charge in [0, 0.05) is 55.4 Å². The molecule has 6 rings (SSSR count). The van der Waals surface area contributed by atoms with Gasteiger partial charge in [-0.25, -0.2) is 9.97 Å². The topological polar surface area (TPSA) is 169 Å². The second-order valence-electron chi connectivity index (χ2n) is 13.9. The van der Waals surface area contributed by atoms with Crippen LogP contribution in [-0.4, -0.2) is 76.3 Å². The lowest BCUT2D eigenvalue weighted by molar-refractivity contribution is -0.119. The number of nitrogens with two attached hydrogens (primary N) is 1. The molecule has 12 nitrogen and oxygen atoms in total. The van der Waals surface area contributed by atoms with E-state index >= 15 is 0 Å². The Morgan fingerprint density at radius 3 is 2.37 bits per heavy atom. The van der Waals surface area contributed by atoms with E-state index in [-0.39, 0.29) is 42.1 Å². The maximum Gasteiger partial charge on any atom is 0.257 e. The summed E-state index contributed by atoms with van der Waals surface area (Å²) in [6.07, 6.45) is 5.72. The lowest BCUT2D eigenvalue weighted by atomic mass is 9.99. The second-order valence-corrected chi connectivity index (χ2v) is 13.9. The third kappa shape index (κ3) is 9.95. The Bertz CT molecular complexity index is 2510. The van der Waals surface area contributed by atoms with Crippen molar-refractivity contribution in [2.45, 2.75) is 44.7 Å². The third-order valence-electron chi connectivity index (χ3n) is 9.96. The summed E-state index contributed by atoms with van der Waals surface area (Å²) in [5.74, 6) is 6.12. The Morgan fingerprint density at radius 2 is 1.64 bits per heavy atom. The number of nitrogens with zero attached hydrogens (tertiary/aromatic N) is 4. The summed E-state index contributed by atoms with van der Waals surface area (Å²) in [6.45, 7) is 0.838. The molecule has 0 aliphatic carbocycles. The summed E-state index contributed by atoms with van der Waals surface area (Å²) < 4.78 is 2.20. The van der Waals surface area contributed by atoms with Crippen molar-refractivity contribution >= 4 is 53.2 Å². The summed E-state index contributed by atoms with van der Waals surface area (Å²) in [4.78, 5) is 70.6. The first-order valence-corrected chi connectivity index (χ1v) is 19.4. The standard InChI is InChI=1S/C47H45N7O5/c1-53(38(31-57)23-14-26-55)47(59)41-37(30-56)22-13-24-39(41)50-28-40(58)49-25-11-3-2-6-15-33-16-12-17-34(27-33)29-54-44(36-20-9-5-10-21-36)42(35-18-7-4-8-19-35)43-45(48)51-32-52-46(43)54/h4-5,7-10,12-13,16-22,24,26-27,30-32,38,50H,2-3,11,14,23,25,28-29H2,1H3,(H,49,58)(H2,48,51,52). The van der Waals surface area contributed by atoms with E-state index in [0.717, 1.165) is 51.0 Å². The molecule has 2 heterocycles. The van der Waals surface area contributed by atoms with Crippen LogP contribution in [-0.2, 0) is 20.9 Å². The minimum Gasteiger partial charge on any atom is -0.383 e. The zero-order chi connectivity index (χ0) is 41.6. The van der Waals surface area contributed by atoms with Crippen LogP contribution in [0.25, 0.3) is 33.4 Å². The molecule has 298 valence electrons. The fraction of sp³-hybridized carbons (Fsp3) is 0.213. The van der Waals surface area contributed by atoms with Crippen LogP contribution in [0.5, 0.6) is 0 Å². The van der Waals surface area contributed by atoms with Crippen LogP contribution in [0.15, 0.2) is 109 Å². The van der Waals surface area contributed by atoms with Gasteiger partial charge < -0.3 is 35.4 Å². The molecule has 2 aromatic heterocycles. The molecule has 0 saturated carbocycles. The van der Waals surface area contributed by atoms with Gasteiger partial charge in [0.1, 0.15) is 30.4 Å². The number of carbonyl (C=O) groups excluding carboxylic acids is 5. The van der Waals surface area contributed by atoms with Crippen molar-refractivity contribution in [2.24, 2.45) is 0 Å². The minimum atomic E-state index is -0.839. The molecule has 0 spiro atoms. The first kappa shape index (κ1) is 41.2. The Kier molecular flexibility index (Phi) is 14.1. The average Bonchev–Trinajstić information content (AvgIpc) is 3.60. The number of aldehydes is 3. The number of unbranched alkanes of at least 4 members (excludes halogenated alkanes) is 2. The lowest BCUT2D eigenvalue weighted by Crippen LogP contribution is -2.39. The molecular formula is C47H45N7O5. The van der Waals surface area contributed by atoms with Crippen LogP contribution in [0, 0.1) is 11.8 Å². The molecular weight excluding hydrogens is 743 g/mol. The van der Waals surface area contributed by atoms with Gasteiger partial charge in [0.2, 0.25) is 5.91 Å². The van der Waals surface area contributed by atoms with E-state index in [0.29, 0.717) is 50.6 Å². The van der Waals surface area contributed by atoms with E-state index in [9.17, 15) is 24.0 Å². The van der Waals surface area contributed by atoms with Gasteiger partial charge in [-0.1, -0.05) is 96.8 Å². The maximum absolute atomic E-state index is 13.4. The largest absolute Gasteiger partial charge is 0.383 e. The molecule has 0 fully saturated rings. The molecule has 0 radical (unpaired) electrons. The lowest BCUT2D eigenvalue weighted by Gasteiger charge is -2.25. The number of anilines is 2. The second kappa shape index (κ2) is 20.2. The number of carbonyl (C=O) groups is 5. The van der Waals surface area contributed by atoms with E-state index in [1.54, 1.807) is 12.1 Å².